The minimum absolute atomic E-state index is 0.0263. The summed E-state index contributed by atoms with van der Waals surface area (Å²) in [6.07, 6.45) is 5.22. The van der Waals surface area contributed by atoms with Crippen LogP contribution in [0.5, 0.6) is 0 Å². The number of hydrogen-bond donors (Lipinski definition) is 9. The molecule has 99 heavy (non-hydrogen) atoms. The summed E-state index contributed by atoms with van der Waals surface area (Å²) in [7, 11) is 0. The van der Waals surface area contributed by atoms with Crippen LogP contribution in [0.1, 0.15) is 211 Å². The molecule has 9 aromatic rings. The maximum absolute atomic E-state index is 14.0. The lowest BCUT2D eigenvalue weighted by Crippen LogP contribution is -2.32. The fourth-order valence-electron chi connectivity index (χ4n) is 9.71. The molecule has 516 valence electrons. The molecular weight excluding hydrogens is 1290 g/mol. The van der Waals surface area contributed by atoms with Gasteiger partial charge in [0.05, 0.1) is 0 Å². The van der Waals surface area contributed by atoms with E-state index in [1.54, 1.807) is 36.4 Å². The van der Waals surface area contributed by atoms with Gasteiger partial charge in [0.25, 0.3) is 35.4 Å². The standard InChI is InChI=1S/C66H69N15O18/c1-37-58-76-49(31-91-58)55(85)73-44(23-14-26-68-65(89)98-29-41-18-9-5-10-19-41)62-80-47(35-95-62)53(83)71-39(3)60-78-51(33-93-60)57(87)75-45(24-15-27-69-66(90)99-30-42-20-11-6-12-21-42)63-81-48(36-96-63)54(84)72-38(2)59-77-50(32-92-59)56(86)74-43(61-79-46(34-94-61)52(82)70-37)22-13-25-67-64(88)97-28-40-16-7-4-8-17-40/h4-12,16-21,31-39,43-45H,13-15,22-30H2,1-3H3,(H,67,88)(H,68,89)(H,69,90)(H,70,82)(H,71,83)(H,72,84)(H,73,85)(H,74,86)(H,75,87)/t37-,38-,39-,43-,44-,45-/m0/s1. The molecule has 0 spiro atoms. The van der Waals surface area contributed by atoms with Gasteiger partial charge in [-0.15, -0.1) is 0 Å². The van der Waals surface area contributed by atoms with E-state index in [-0.39, 0.29) is 147 Å². The molecule has 9 amide bonds. The quantitative estimate of drug-likeness (QED) is 0.0291. The fourth-order valence-corrected chi connectivity index (χ4v) is 9.71. The molecule has 0 radical (unpaired) electrons. The first-order valence-corrected chi connectivity index (χ1v) is 31.4. The molecule has 0 saturated carbocycles. The van der Waals surface area contributed by atoms with E-state index < -0.39 is 90.0 Å². The number of rotatable bonds is 18. The summed E-state index contributed by atoms with van der Waals surface area (Å²) in [5, 5.41) is 24.5. The maximum atomic E-state index is 14.0. The number of nitrogens with one attached hydrogen (secondary N) is 9. The number of fused-ring (bicyclic) bond motifs is 12. The van der Waals surface area contributed by atoms with E-state index in [1.165, 1.54) is 20.8 Å². The van der Waals surface area contributed by atoms with Crippen molar-refractivity contribution in [1.82, 2.24) is 77.8 Å². The Bertz CT molecular complexity index is 3800. The predicted octanol–water partition coefficient (Wildman–Crippen LogP) is 7.93. The Balaban J connectivity index is 0.876. The van der Waals surface area contributed by atoms with E-state index in [0.717, 1.165) is 54.3 Å². The number of alkyl carbamates (subject to hydrolysis) is 3. The number of carbonyl (C=O) groups is 9. The van der Waals surface area contributed by atoms with Gasteiger partial charge in [-0.3, -0.25) is 28.8 Å². The van der Waals surface area contributed by atoms with Crippen molar-refractivity contribution in [3.63, 3.8) is 0 Å². The van der Waals surface area contributed by atoms with Crippen molar-refractivity contribution in [2.24, 2.45) is 0 Å². The minimum atomic E-state index is -1.05. The molecule has 9 N–H and O–H groups in total. The van der Waals surface area contributed by atoms with Gasteiger partial charge in [0.15, 0.2) is 34.2 Å². The minimum Gasteiger partial charge on any atom is -0.446 e. The predicted molar refractivity (Wildman–Crippen MR) is 339 cm³/mol. The Kier molecular flexibility index (Phi) is 23.7. The van der Waals surface area contributed by atoms with Crippen molar-refractivity contribution in [2.75, 3.05) is 19.6 Å². The van der Waals surface area contributed by atoms with Crippen molar-refractivity contribution in [1.29, 1.82) is 0 Å². The fraction of sp³-hybridized carbons (Fsp3) is 0.318. The van der Waals surface area contributed by atoms with Gasteiger partial charge >= 0.3 is 18.3 Å². The van der Waals surface area contributed by atoms with Crippen LogP contribution in [0.4, 0.5) is 14.4 Å². The average Bonchev–Trinajstić information content (AvgIpc) is 1.76. The van der Waals surface area contributed by atoms with Gasteiger partial charge in [-0.05, 0) is 76.0 Å². The molecule has 33 nitrogen and oxygen atoms in total. The summed E-state index contributed by atoms with van der Waals surface area (Å²) in [6.45, 7) is 4.90. The number of nitrogens with zero attached hydrogens (tertiary/aromatic N) is 6. The van der Waals surface area contributed by atoms with E-state index >= 15 is 0 Å². The molecule has 0 fully saturated rings. The lowest BCUT2D eigenvalue weighted by atomic mass is 10.1. The number of carbonyl (C=O) groups excluding carboxylic acids is 9. The Morgan fingerprint density at radius 3 is 0.818 bits per heavy atom. The zero-order valence-electron chi connectivity index (χ0n) is 53.6. The normalized spacial score (nSPS) is 17.8. The van der Waals surface area contributed by atoms with E-state index in [4.69, 9.17) is 40.7 Å². The first-order chi connectivity index (χ1) is 48.0. The highest BCUT2D eigenvalue weighted by Gasteiger charge is 2.31. The summed E-state index contributed by atoms with van der Waals surface area (Å²) < 4.78 is 50.3. The highest BCUT2D eigenvalue weighted by atomic mass is 16.6. The van der Waals surface area contributed by atoms with Crippen LogP contribution in [0.15, 0.2) is 155 Å². The Labute approximate surface area is 563 Å². The number of ether oxygens (including phenoxy) is 3. The molecular formula is C66H69N15O18. The van der Waals surface area contributed by atoms with Crippen LogP contribution in [0.25, 0.3) is 0 Å². The lowest BCUT2D eigenvalue weighted by molar-refractivity contribution is 0.0913. The summed E-state index contributed by atoms with van der Waals surface area (Å²) in [4.78, 5) is 147. The largest absolute Gasteiger partial charge is 0.446 e. The molecule has 0 saturated heterocycles. The van der Waals surface area contributed by atoms with Crippen LogP contribution in [-0.2, 0) is 34.0 Å². The van der Waals surface area contributed by atoms with Crippen molar-refractivity contribution in [3.05, 3.63) is 215 Å². The number of aromatic nitrogens is 6. The van der Waals surface area contributed by atoms with Crippen LogP contribution < -0.4 is 47.9 Å². The summed E-state index contributed by atoms with van der Waals surface area (Å²) in [6, 6.07) is 21.1. The van der Waals surface area contributed by atoms with Gasteiger partial charge in [0, 0.05) is 19.6 Å². The van der Waals surface area contributed by atoms with Gasteiger partial charge in [0.2, 0.25) is 35.3 Å². The molecule has 7 heterocycles. The zero-order valence-corrected chi connectivity index (χ0v) is 53.6. The van der Waals surface area contributed by atoms with Crippen LogP contribution >= 0.6 is 0 Å². The summed E-state index contributed by atoms with van der Waals surface area (Å²) >= 11 is 0. The van der Waals surface area contributed by atoms with Gasteiger partial charge in [-0.1, -0.05) is 91.0 Å². The summed E-state index contributed by atoms with van der Waals surface area (Å²) in [5.74, 6) is -5.31. The van der Waals surface area contributed by atoms with E-state index in [2.05, 4.69) is 77.8 Å². The van der Waals surface area contributed by atoms with Crippen molar-refractivity contribution in [3.8, 4) is 0 Å². The Hall–Kier alpha value is -12.5. The molecule has 6 aromatic heterocycles. The van der Waals surface area contributed by atoms with E-state index in [1.807, 2.05) is 54.6 Å². The van der Waals surface area contributed by atoms with Gasteiger partial charge in [0.1, 0.15) is 93.7 Å². The Morgan fingerprint density at radius 2 is 0.566 bits per heavy atom. The highest BCUT2D eigenvalue weighted by molar-refractivity contribution is 5.95. The molecule has 6 atom stereocenters. The molecule has 12 bridgehead atoms. The van der Waals surface area contributed by atoms with Crippen LogP contribution in [-0.4, -0.2) is 103 Å². The van der Waals surface area contributed by atoms with Crippen molar-refractivity contribution < 1.29 is 83.9 Å². The number of hydrogen-bond acceptors (Lipinski definition) is 24. The number of oxazole rings is 6. The van der Waals surface area contributed by atoms with Crippen molar-refractivity contribution >= 4 is 53.7 Å². The van der Waals surface area contributed by atoms with E-state index in [9.17, 15) is 43.2 Å². The number of benzene rings is 3. The van der Waals surface area contributed by atoms with E-state index in [0.29, 0.717) is 0 Å². The monoisotopic (exact) mass is 1360 g/mol. The maximum Gasteiger partial charge on any atom is 0.407 e. The Morgan fingerprint density at radius 1 is 0.343 bits per heavy atom. The molecule has 10 rings (SSSR count). The second kappa shape index (κ2) is 33.8. The first kappa shape index (κ1) is 69.4. The number of amides is 9. The second-order valence-corrected chi connectivity index (χ2v) is 22.5. The SMILES string of the molecule is C[C@@H]1NC(=O)c2coc(n2)[C@H](CCCNC(=O)OCc2ccccc2)NC(=O)c2coc(n2)[C@H](C)NC(=O)c2coc(n2)[C@H](CCCNC(=O)OCc2ccccc2)NC(=O)c2coc(n2)[C@H](C)NC(=O)c2coc(n2)[C@H](CCCNC(=O)OCc2ccccc2)NC(=O)c2coc1n2. The summed E-state index contributed by atoms with van der Waals surface area (Å²) in [5.41, 5.74) is 0.955. The van der Waals surface area contributed by atoms with Crippen LogP contribution in [0.2, 0.25) is 0 Å². The van der Waals surface area contributed by atoms with Crippen LogP contribution in [0, 0.1) is 0 Å². The molecule has 3 aromatic carbocycles. The van der Waals surface area contributed by atoms with Gasteiger partial charge in [-0.2, -0.15) is 0 Å². The molecule has 1 aliphatic heterocycles. The molecule has 33 heteroatoms. The van der Waals surface area contributed by atoms with Crippen LogP contribution in [0.3, 0.4) is 0 Å². The third-order valence-corrected chi connectivity index (χ3v) is 14.9. The topological polar surface area (TPSA) is 446 Å². The molecule has 1 aliphatic rings. The third kappa shape index (κ3) is 19.8. The van der Waals surface area contributed by atoms with Crippen molar-refractivity contribution in [2.45, 2.75) is 115 Å². The smallest absolute Gasteiger partial charge is 0.407 e. The zero-order chi connectivity index (χ0) is 69.6. The molecule has 0 unspecified atom stereocenters. The highest BCUT2D eigenvalue weighted by Crippen LogP contribution is 2.26. The first-order valence-electron chi connectivity index (χ1n) is 31.4. The second-order valence-electron chi connectivity index (χ2n) is 22.5. The van der Waals surface area contributed by atoms with Gasteiger partial charge < -0.3 is 88.6 Å². The van der Waals surface area contributed by atoms with Gasteiger partial charge in [-0.25, -0.2) is 44.3 Å². The lowest BCUT2D eigenvalue weighted by Gasteiger charge is -2.15. The molecule has 0 aliphatic carbocycles. The average molecular weight is 1360 g/mol. The third-order valence-electron chi connectivity index (χ3n) is 14.9.